The van der Waals surface area contributed by atoms with E-state index in [1.807, 2.05) is 0 Å². The summed E-state index contributed by atoms with van der Waals surface area (Å²) in [5, 5.41) is 0. The van der Waals surface area contributed by atoms with Gasteiger partial charge in [0.2, 0.25) is 0 Å². The van der Waals surface area contributed by atoms with Crippen molar-refractivity contribution in [2.75, 3.05) is 18.1 Å². The van der Waals surface area contributed by atoms with Crippen LogP contribution in [-0.4, -0.2) is 19.3 Å². The van der Waals surface area contributed by atoms with Crippen LogP contribution in [0.5, 0.6) is 0 Å². The van der Waals surface area contributed by atoms with Gasteiger partial charge in [-0.2, -0.15) is 0 Å². The first-order valence-electron chi connectivity index (χ1n) is 8.80. The molecule has 0 spiro atoms. The summed E-state index contributed by atoms with van der Waals surface area (Å²) < 4.78 is 5.98. The van der Waals surface area contributed by atoms with Crippen LogP contribution in [0.25, 0.3) is 0 Å². The molecule has 0 radical (unpaired) electrons. The lowest BCUT2D eigenvalue weighted by molar-refractivity contribution is 0.0703. The molecule has 0 amide bonds. The van der Waals surface area contributed by atoms with E-state index in [0.29, 0.717) is 6.10 Å². The second kappa shape index (κ2) is 6.01. The van der Waals surface area contributed by atoms with Crippen LogP contribution in [0, 0.1) is 6.92 Å². The Labute approximate surface area is 139 Å². The zero-order valence-corrected chi connectivity index (χ0v) is 14.1. The summed E-state index contributed by atoms with van der Waals surface area (Å²) in [6, 6.07) is 15.8. The molecule has 1 atom stereocenters. The number of rotatable bonds is 2. The van der Waals surface area contributed by atoms with Crippen LogP contribution in [0.2, 0.25) is 0 Å². The van der Waals surface area contributed by atoms with Gasteiger partial charge in [0, 0.05) is 24.3 Å². The standard InChI is InChI=1S/C21H25NO/c1-15-5-3-4-6-20(15)22-11-12-23-16(2)13-19-10-9-18(14-21(19)22)17-7-8-17/h3-6,9-10,14,16-17H,7-8,11-13H2,1-2H3. The minimum absolute atomic E-state index is 0.291. The minimum atomic E-state index is 0.291. The van der Waals surface area contributed by atoms with Gasteiger partial charge in [0.25, 0.3) is 0 Å². The molecule has 1 aliphatic carbocycles. The van der Waals surface area contributed by atoms with Crippen molar-refractivity contribution in [2.24, 2.45) is 0 Å². The fourth-order valence-corrected chi connectivity index (χ4v) is 3.63. The summed E-state index contributed by atoms with van der Waals surface area (Å²) in [4.78, 5) is 2.46. The third-order valence-corrected chi connectivity index (χ3v) is 5.08. The first kappa shape index (κ1) is 14.8. The van der Waals surface area contributed by atoms with Crippen molar-refractivity contribution in [3.8, 4) is 0 Å². The molecule has 1 saturated carbocycles. The Balaban J connectivity index is 1.81. The number of nitrogens with zero attached hydrogens (tertiary/aromatic N) is 1. The molecule has 0 saturated heterocycles. The van der Waals surface area contributed by atoms with E-state index in [-0.39, 0.29) is 0 Å². The molecule has 0 aromatic heterocycles. The molecule has 2 aromatic carbocycles. The van der Waals surface area contributed by atoms with Gasteiger partial charge in [-0.3, -0.25) is 0 Å². The Bertz CT molecular complexity index is 705. The number of benzene rings is 2. The van der Waals surface area contributed by atoms with Gasteiger partial charge in [-0.25, -0.2) is 0 Å². The molecular weight excluding hydrogens is 282 g/mol. The van der Waals surface area contributed by atoms with Crippen molar-refractivity contribution in [1.82, 2.24) is 0 Å². The van der Waals surface area contributed by atoms with Crippen molar-refractivity contribution in [3.63, 3.8) is 0 Å². The number of aryl methyl sites for hydroxylation is 1. The Morgan fingerprint density at radius 1 is 1.04 bits per heavy atom. The van der Waals surface area contributed by atoms with Crippen molar-refractivity contribution in [1.29, 1.82) is 0 Å². The summed E-state index contributed by atoms with van der Waals surface area (Å²) in [5.74, 6) is 0.790. The first-order chi connectivity index (χ1) is 11.2. The molecule has 1 heterocycles. The summed E-state index contributed by atoms with van der Waals surface area (Å²) in [7, 11) is 0. The second-order valence-corrected chi connectivity index (χ2v) is 6.99. The third-order valence-electron chi connectivity index (χ3n) is 5.08. The molecule has 2 aromatic rings. The summed E-state index contributed by atoms with van der Waals surface area (Å²) in [5.41, 5.74) is 6.93. The van der Waals surface area contributed by atoms with E-state index in [1.165, 1.54) is 40.9 Å². The highest BCUT2D eigenvalue weighted by atomic mass is 16.5. The molecule has 1 fully saturated rings. The van der Waals surface area contributed by atoms with Gasteiger partial charge in [0.15, 0.2) is 0 Å². The predicted molar refractivity (Wildman–Crippen MR) is 95.7 cm³/mol. The number of hydrogen-bond donors (Lipinski definition) is 0. The number of fused-ring (bicyclic) bond motifs is 1. The van der Waals surface area contributed by atoms with Gasteiger partial charge >= 0.3 is 0 Å². The second-order valence-electron chi connectivity index (χ2n) is 6.99. The highest BCUT2D eigenvalue weighted by Crippen LogP contribution is 2.43. The van der Waals surface area contributed by atoms with E-state index in [4.69, 9.17) is 4.74 Å². The normalized spacial score (nSPS) is 21.5. The Hall–Kier alpha value is -1.80. The highest BCUT2D eigenvalue weighted by molar-refractivity contribution is 5.70. The lowest BCUT2D eigenvalue weighted by atomic mass is 9.99. The fraction of sp³-hybridized carbons (Fsp3) is 0.429. The van der Waals surface area contributed by atoms with Gasteiger partial charge in [0.05, 0.1) is 12.7 Å². The van der Waals surface area contributed by atoms with Gasteiger partial charge in [-0.05, 0) is 61.4 Å². The maximum Gasteiger partial charge on any atom is 0.0649 e. The zero-order valence-electron chi connectivity index (χ0n) is 14.1. The smallest absolute Gasteiger partial charge is 0.0649 e. The van der Waals surface area contributed by atoms with Gasteiger partial charge in [0.1, 0.15) is 0 Å². The molecule has 0 bridgehead atoms. The topological polar surface area (TPSA) is 12.5 Å². The maximum atomic E-state index is 5.98. The van der Waals surface area contributed by atoms with E-state index in [9.17, 15) is 0 Å². The van der Waals surface area contributed by atoms with Crippen LogP contribution < -0.4 is 4.90 Å². The summed E-state index contributed by atoms with van der Waals surface area (Å²) in [6.45, 7) is 6.07. The van der Waals surface area contributed by atoms with Crippen molar-refractivity contribution in [3.05, 3.63) is 59.2 Å². The Morgan fingerprint density at radius 2 is 1.87 bits per heavy atom. The zero-order chi connectivity index (χ0) is 15.8. The molecule has 2 heteroatoms. The molecule has 23 heavy (non-hydrogen) atoms. The molecule has 2 aliphatic rings. The van der Waals surface area contributed by atoms with E-state index in [0.717, 1.165) is 25.5 Å². The van der Waals surface area contributed by atoms with Crippen LogP contribution >= 0.6 is 0 Å². The highest BCUT2D eigenvalue weighted by Gasteiger charge is 2.26. The molecule has 1 unspecified atom stereocenters. The quantitative estimate of drug-likeness (QED) is 0.776. The average molecular weight is 307 g/mol. The monoisotopic (exact) mass is 307 g/mol. The van der Waals surface area contributed by atoms with Crippen LogP contribution in [0.3, 0.4) is 0 Å². The number of anilines is 2. The molecule has 0 N–H and O–H groups in total. The fourth-order valence-electron chi connectivity index (χ4n) is 3.63. The van der Waals surface area contributed by atoms with E-state index < -0.39 is 0 Å². The lowest BCUT2D eigenvalue weighted by Gasteiger charge is -2.32. The van der Waals surface area contributed by atoms with Crippen LogP contribution in [0.15, 0.2) is 42.5 Å². The largest absolute Gasteiger partial charge is 0.376 e. The average Bonchev–Trinajstić information content (AvgIpc) is 3.36. The SMILES string of the molecule is Cc1ccccc1N1CCOC(C)Cc2ccc(C3CC3)cc21. The Morgan fingerprint density at radius 3 is 2.65 bits per heavy atom. The van der Waals surface area contributed by atoms with E-state index >= 15 is 0 Å². The van der Waals surface area contributed by atoms with Gasteiger partial charge in [-0.1, -0.05) is 30.3 Å². The number of ether oxygens (including phenoxy) is 1. The van der Waals surface area contributed by atoms with E-state index in [2.05, 4.69) is 61.2 Å². The third kappa shape index (κ3) is 3.00. The first-order valence-corrected chi connectivity index (χ1v) is 8.80. The minimum Gasteiger partial charge on any atom is -0.376 e. The lowest BCUT2D eigenvalue weighted by Crippen LogP contribution is -2.29. The Kier molecular flexibility index (Phi) is 3.86. The number of hydrogen-bond acceptors (Lipinski definition) is 2. The van der Waals surface area contributed by atoms with Crippen LogP contribution in [0.1, 0.15) is 42.4 Å². The molecule has 120 valence electrons. The molecule has 1 aliphatic heterocycles. The van der Waals surface area contributed by atoms with Crippen LogP contribution in [0.4, 0.5) is 11.4 Å². The van der Waals surface area contributed by atoms with Crippen molar-refractivity contribution in [2.45, 2.75) is 45.1 Å². The van der Waals surface area contributed by atoms with Gasteiger partial charge < -0.3 is 9.64 Å². The molecular formula is C21H25NO. The van der Waals surface area contributed by atoms with Crippen LogP contribution in [-0.2, 0) is 11.2 Å². The maximum absolute atomic E-state index is 5.98. The molecule has 4 rings (SSSR count). The van der Waals surface area contributed by atoms with E-state index in [1.54, 1.807) is 0 Å². The van der Waals surface area contributed by atoms with Crippen molar-refractivity contribution >= 4 is 11.4 Å². The van der Waals surface area contributed by atoms with Crippen molar-refractivity contribution < 1.29 is 4.74 Å². The van der Waals surface area contributed by atoms with Gasteiger partial charge in [-0.15, -0.1) is 0 Å². The predicted octanol–water partition coefficient (Wildman–Crippen LogP) is 4.97. The summed E-state index contributed by atoms with van der Waals surface area (Å²) >= 11 is 0. The molecule has 2 nitrogen and oxygen atoms in total. The number of para-hydroxylation sites is 1. The summed E-state index contributed by atoms with van der Waals surface area (Å²) in [6.07, 6.45) is 3.98.